The van der Waals surface area contributed by atoms with E-state index in [4.69, 9.17) is 4.74 Å². The predicted octanol–water partition coefficient (Wildman–Crippen LogP) is 5.95. The maximum Gasteiger partial charge on any atom is 0.323 e. The molecule has 9 heteroatoms. The zero-order chi connectivity index (χ0) is 24.8. The second-order valence-corrected chi connectivity index (χ2v) is 9.18. The number of sulfonamides is 1. The number of hydrogen-bond donors (Lipinski definition) is 3. The number of nitrogens with one attached hydrogen (secondary N) is 3. The fraction of sp³-hybridized carbons (Fsp3) is 0.0385. The van der Waals surface area contributed by atoms with Gasteiger partial charge in [-0.05, 0) is 71.8 Å². The molecule has 0 unspecified atom stereocenters. The molecule has 0 saturated heterocycles. The van der Waals surface area contributed by atoms with E-state index >= 15 is 0 Å². The Labute approximate surface area is 202 Å². The minimum absolute atomic E-state index is 0.0673. The van der Waals surface area contributed by atoms with Crippen LogP contribution in [-0.4, -0.2) is 21.6 Å². The number of anilines is 3. The number of hydrogen-bond acceptors (Lipinski definition) is 4. The molecular formula is C26H22FN3O4S. The van der Waals surface area contributed by atoms with Crippen LogP contribution in [0.4, 0.5) is 26.2 Å². The number of amides is 2. The molecule has 0 aliphatic heterocycles. The van der Waals surface area contributed by atoms with E-state index in [1.54, 1.807) is 72.8 Å². The minimum Gasteiger partial charge on any atom is -0.495 e. The Balaban J connectivity index is 1.43. The number of carbonyl (C=O) groups excluding carboxylic acids is 1. The minimum atomic E-state index is -3.87. The molecule has 0 radical (unpaired) electrons. The Morgan fingerprint density at radius 2 is 1.46 bits per heavy atom. The van der Waals surface area contributed by atoms with Crippen molar-refractivity contribution in [3.05, 3.63) is 103 Å². The fourth-order valence-electron chi connectivity index (χ4n) is 3.35. The lowest BCUT2D eigenvalue weighted by Gasteiger charge is -2.12. The summed E-state index contributed by atoms with van der Waals surface area (Å²) < 4.78 is 46.7. The van der Waals surface area contributed by atoms with Crippen molar-refractivity contribution in [1.29, 1.82) is 0 Å². The summed E-state index contributed by atoms with van der Waals surface area (Å²) in [4.78, 5) is 12.4. The van der Waals surface area contributed by atoms with E-state index in [0.717, 1.165) is 0 Å². The van der Waals surface area contributed by atoms with Gasteiger partial charge in [0, 0.05) is 11.4 Å². The van der Waals surface area contributed by atoms with E-state index in [1.165, 1.54) is 31.4 Å². The molecule has 0 fully saturated rings. The molecule has 0 aromatic heterocycles. The third-order valence-corrected chi connectivity index (χ3v) is 6.45. The number of para-hydroxylation sites is 2. The van der Waals surface area contributed by atoms with Gasteiger partial charge in [-0.3, -0.25) is 4.72 Å². The highest BCUT2D eigenvalue weighted by molar-refractivity contribution is 7.92. The Kier molecular flexibility index (Phi) is 6.98. The molecule has 0 aliphatic rings. The highest BCUT2D eigenvalue weighted by Crippen LogP contribution is 2.26. The zero-order valence-corrected chi connectivity index (χ0v) is 19.5. The first kappa shape index (κ1) is 23.8. The normalized spacial score (nSPS) is 10.9. The molecule has 4 aromatic rings. The van der Waals surface area contributed by atoms with Crippen molar-refractivity contribution in [2.24, 2.45) is 0 Å². The number of urea groups is 1. The summed E-state index contributed by atoms with van der Waals surface area (Å²) in [6, 6.07) is 25.0. The van der Waals surface area contributed by atoms with Crippen LogP contribution >= 0.6 is 0 Å². The summed E-state index contributed by atoms with van der Waals surface area (Å²) in [7, 11) is -2.36. The summed E-state index contributed by atoms with van der Waals surface area (Å²) in [5.41, 5.74) is 2.66. The van der Waals surface area contributed by atoms with Gasteiger partial charge in [-0.25, -0.2) is 17.6 Å². The van der Waals surface area contributed by atoms with Gasteiger partial charge in [0.05, 0.1) is 17.7 Å². The molecule has 2 amide bonds. The van der Waals surface area contributed by atoms with Gasteiger partial charge in [-0.1, -0.05) is 36.4 Å². The highest BCUT2D eigenvalue weighted by atomic mass is 32.2. The van der Waals surface area contributed by atoms with Crippen LogP contribution < -0.4 is 20.1 Å². The van der Waals surface area contributed by atoms with E-state index in [-0.39, 0.29) is 10.7 Å². The SMILES string of the molecule is COc1ccccc1NC(=O)Nc1ccc(NS(=O)(=O)c2cccc(-c3ccc(F)cc3)c2)cc1. The van der Waals surface area contributed by atoms with Gasteiger partial charge in [-0.15, -0.1) is 0 Å². The van der Waals surface area contributed by atoms with E-state index in [9.17, 15) is 17.6 Å². The summed E-state index contributed by atoms with van der Waals surface area (Å²) in [6.45, 7) is 0. The Bertz CT molecular complexity index is 1440. The Morgan fingerprint density at radius 1 is 0.771 bits per heavy atom. The molecule has 7 nitrogen and oxygen atoms in total. The number of carbonyl (C=O) groups is 1. The first-order valence-electron chi connectivity index (χ1n) is 10.5. The average molecular weight is 492 g/mol. The van der Waals surface area contributed by atoms with Gasteiger partial charge in [0.25, 0.3) is 10.0 Å². The summed E-state index contributed by atoms with van der Waals surface area (Å²) in [6.07, 6.45) is 0. The maximum atomic E-state index is 13.2. The van der Waals surface area contributed by atoms with Gasteiger partial charge >= 0.3 is 6.03 Å². The molecule has 3 N–H and O–H groups in total. The van der Waals surface area contributed by atoms with Crippen molar-refractivity contribution in [1.82, 2.24) is 0 Å². The van der Waals surface area contributed by atoms with Gasteiger partial charge in [0.15, 0.2) is 0 Å². The molecule has 0 spiro atoms. The molecule has 0 bridgehead atoms. The summed E-state index contributed by atoms with van der Waals surface area (Å²) in [5, 5.41) is 5.38. The lowest BCUT2D eigenvalue weighted by atomic mass is 10.1. The van der Waals surface area contributed by atoms with E-state index in [2.05, 4.69) is 15.4 Å². The number of ether oxygens (including phenoxy) is 1. The van der Waals surface area contributed by atoms with E-state index in [1.807, 2.05) is 0 Å². The van der Waals surface area contributed by atoms with Crippen LogP contribution in [0.5, 0.6) is 5.75 Å². The number of methoxy groups -OCH3 is 1. The average Bonchev–Trinajstić information content (AvgIpc) is 2.86. The third-order valence-electron chi connectivity index (χ3n) is 5.07. The predicted molar refractivity (Wildman–Crippen MR) is 135 cm³/mol. The Hall–Kier alpha value is -4.37. The van der Waals surface area contributed by atoms with Crippen molar-refractivity contribution in [3.8, 4) is 16.9 Å². The second-order valence-electron chi connectivity index (χ2n) is 7.50. The van der Waals surface area contributed by atoms with Crippen LogP contribution in [0.2, 0.25) is 0 Å². The van der Waals surface area contributed by atoms with Crippen molar-refractivity contribution in [2.75, 3.05) is 22.5 Å². The zero-order valence-electron chi connectivity index (χ0n) is 18.7. The maximum absolute atomic E-state index is 13.2. The molecule has 0 aliphatic carbocycles. The van der Waals surface area contributed by atoms with Gasteiger partial charge in [0.1, 0.15) is 11.6 Å². The third kappa shape index (κ3) is 5.96. The molecule has 0 heterocycles. The summed E-state index contributed by atoms with van der Waals surface area (Å²) in [5.74, 6) is 0.158. The summed E-state index contributed by atoms with van der Waals surface area (Å²) >= 11 is 0. The van der Waals surface area contributed by atoms with Crippen LogP contribution in [-0.2, 0) is 10.0 Å². The molecule has 0 saturated carbocycles. The number of rotatable bonds is 7. The van der Waals surface area contributed by atoms with E-state index in [0.29, 0.717) is 33.9 Å². The molecule has 178 valence electrons. The standard InChI is InChI=1S/C26H22FN3O4S/c1-34-25-8-3-2-7-24(25)29-26(31)28-21-13-15-22(16-14-21)30-35(32,33)23-6-4-5-19(17-23)18-9-11-20(27)12-10-18/h2-17,30H,1H3,(H2,28,29,31). The Morgan fingerprint density at radius 3 is 2.17 bits per heavy atom. The fourth-order valence-corrected chi connectivity index (χ4v) is 4.46. The first-order valence-corrected chi connectivity index (χ1v) is 12.0. The number of benzene rings is 4. The molecular weight excluding hydrogens is 469 g/mol. The first-order chi connectivity index (χ1) is 16.8. The van der Waals surface area contributed by atoms with Crippen molar-refractivity contribution in [3.63, 3.8) is 0 Å². The van der Waals surface area contributed by atoms with E-state index < -0.39 is 16.1 Å². The molecule has 4 rings (SSSR count). The molecule has 4 aromatic carbocycles. The van der Waals surface area contributed by atoms with Gasteiger partial charge in [0.2, 0.25) is 0 Å². The van der Waals surface area contributed by atoms with Crippen LogP contribution in [0.15, 0.2) is 102 Å². The second kappa shape index (κ2) is 10.3. The topological polar surface area (TPSA) is 96.5 Å². The van der Waals surface area contributed by atoms with Gasteiger partial charge < -0.3 is 15.4 Å². The molecule has 0 atom stereocenters. The van der Waals surface area contributed by atoms with Crippen LogP contribution in [0.3, 0.4) is 0 Å². The van der Waals surface area contributed by atoms with Crippen LogP contribution in [0.25, 0.3) is 11.1 Å². The molecule has 35 heavy (non-hydrogen) atoms. The van der Waals surface area contributed by atoms with Crippen molar-refractivity contribution >= 4 is 33.1 Å². The monoisotopic (exact) mass is 491 g/mol. The quantitative estimate of drug-likeness (QED) is 0.298. The highest BCUT2D eigenvalue weighted by Gasteiger charge is 2.15. The van der Waals surface area contributed by atoms with Crippen LogP contribution in [0, 0.1) is 5.82 Å². The largest absolute Gasteiger partial charge is 0.495 e. The lowest BCUT2D eigenvalue weighted by Crippen LogP contribution is -2.19. The number of halogens is 1. The van der Waals surface area contributed by atoms with Gasteiger partial charge in [-0.2, -0.15) is 0 Å². The lowest BCUT2D eigenvalue weighted by molar-refractivity contribution is 0.262. The van der Waals surface area contributed by atoms with Crippen LogP contribution in [0.1, 0.15) is 0 Å². The van der Waals surface area contributed by atoms with Crippen molar-refractivity contribution in [2.45, 2.75) is 4.90 Å². The smallest absolute Gasteiger partial charge is 0.323 e. The van der Waals surface area contributed by atoms with Crippen molar-refractivity contribution < 1.29 is 22.3 Å².